The molecule has 1 fully saturated rings. The van der Waals surface area contributed by atoms with Gasteiger partial charge >= 0.3 is 0 Å². The van der Waals surface area contributed by atoms with Crippen LogP contribution in [0.1, 0.15) is 12.8 Å². The number of piperidine rings is 1. The number of H-pyrrole nitrogens is 1. The molecule has 1 unspecified atom stereocenters. The third-order valence-electron chi connectivity index (χ3n) is 6.11. The molecule has 2 N–H and O–H groups in total. The number of halogens is 2. The lowest BCUT2D eigenvalue weighted by molar-refractivity contribution is 0.295. The number of aromatic nitrogens is 4. The lowest BCUT2D eigenvalue weighted by Gasteiger charge is -2.32. The predicted octanol–water partition coefficient (Wildman–Crippen LogP) is 5.66. The Morgan fingerprint density at radius 1 is 1.19 bits per heavy atom. The molecule has 0 amide bonds. The van der Waals surface area contributed by atoms with Gasteiger partial charge in [-0.15, -0.1) is 0 Å². The Morgan fingerprint density at radius 2 is 2.06 bits per heavy atom. The molecule has 0 spiro atoms. The standard InChI is InChI=1S/C25H26ClFN6O2S/c1-34-21-6-5-17(9-22(21)35-2)36-33-7-3-4-15(14-33)10-28-25-20(27)13-31-24(32-25)19-12-30-23-18(19)8-16(26)11-29-23/h5-6,8-9,11-13,15H,3-4,7,10,14H2,1-2H3,(H,29,30)(H,28,31,32). The lowest BCUT2D eigenvalue weighted by Crippen LogP contribution is -2.34. The van der Waals surface area contributed by atoms with Crippen LogP contribution in [0.3, 0.4) is 0 Å². The molecule has 1 aliphatic rings. The first kappa shape index (κ1) is 24.6. The van der Waals surface area contributed by atoms with E-state index in [1.807, 2.05) is 18.2 Å². The summed E-state index contributed by atoms with van der Waals surface area (Å²) in [7, 11) is 3.26. The lowest BCUT2D eigenvalue weighted by atomic mass is 10.00. The fraction of sp³-hybridized carbons (Fsp3) is 0.320. The molecular formula is C25H26ClFN6O2S. The number of methoxy groups -OCH3 is 2. The van der Waals surface area contributed by atoms with Gasteiger partial charge in [-0.2, -0.15) is 0 Å². The average molecular weight is 529 g/mol. The van der Waals surface area contributed by atoms with E-state index in [1.54, 1.807) is 44.6 Å². The van der Waals surface area contributed by atoms with Gasteiger partial charge in [-0.3, -0.25) is 0 Å². The Kier molecular flexibility index (Phi) is 7.45. The van der Waals surface area contributed by atoms with Gasteiger partial charge in [0, 0.05) is 47.9 Å². The molecule has 1 saturated heterocycles. The summed E-state index contributed by atoms with van der Waals surface area (Å²) in [5.41, 5.74) is 1.39. The van der Waals surface area contributed by atoms with Gasteiger partial charge in [0.05, 0.1) is 25.4 Å². The van der Waals surface area contributed by atoms with Crippen LogP contribution in [0.15, 0.2) is 47.8 Å². The van der Waals surface area contributed by atoms with E-state index in [2.05, 4.69) is 29.6 Å². The summed E-state index contributed by atoms with van der Waals surface area (Å²) in [4.78, 5) is 17.1. The summed E-state index contributed by atoms with van der Waals surface area (Å²) in [5.74, 6) is 1.88. The van der Waals surface area contributed by atoms with Gasteiger partial charge in [0.2, 0.25) is 0 Å². The highest BCUT2D eigenvalue weighted by Crippen LogP contribution is 2.35. The van der Waals surface area contributed by atoms with Crippen LogP contribution in [0.4, 0.5) is 10.2 Å². The summed E-state index contributed by atoms with van der Waals surface area (Å²) < 4.78 is 27.7. The van der Waals surface area contributed by atoms with Crippen molar-refractivity contribution in [2.45, 2.75) is 17.7 Å². The number of benzene rings is 1. The van der Waals surface area contributed by atoms with Crippen LogP contribution in [-0.4, -0.2) is 58.1 Å². The van der Waals surface area contributed by atoms with E-state index in [9.17, 15) is 4.39 Å². The maximum absolute atomic E-state index is 14.6. The second-order valence-corrected chi connectivity index (χ2v) is 10.1. The number of hydrogen-bond donors (Lipinski definition) is 2. The highest BCUT2D eigenvalue weighted by molar-refractivity contribution is 7.97. The molecular weight excluding hydrogens is 503 g/mol. The smallest absolute Gasteiger partial charge is 0.183 e. The summed E-state index contributed by atoms with van der Waals surface area (Å²) in [6.45, 7) is 2.47. The van der Waals surface area contributed by atoms with Crippen molar-refractivity contribution < 1.29 is 13.9 Å². The minimum Gasteiger partial charge on any atom is -0.493 e. The van der Waals surface area contributed by atoms with E-state index < -0.39 is 5.82 Å². The number of anilines is 1. The van der Waals surface area contributed by atoms with E-state index in [0.717, 1.165) is 41.8 Å². The van der Waals surface area contributed by atoms with Crippen LogP contribution < -0.4 is 14.8 Å². The molecule has 0 bridgehead atoms. The van der Waals surface area contributed by atoms with E-state index in [4.69, 9.17) is 21.1 Å². The van der Waals surface area contributed by atoms with Crippen LogP contribution >= 0.6 is 23.5 Å². The van der Waals surface area contributed by atoms with Crippen molar-refractivity contribution in [3.05, 3.63) is 53.7 Å². The highest BCUT2D eigenvalue weighted by Gasteiger charge is 2.22. The van der Waals surface area contributed by atoms with Crippen molar-refractivity contribution in [1.29, 1.82) is 0 Å². The van der Waals surface area contributed by atoms with Crippen LogP contribution in [0.2, 0.25) is 5.02 Å². The first-order valence-corrected chi connectivity index (χ1v) is 12.7. The SMILES string of the molecule is COc1ccc(SN2CCCC(CNc3nc(-c4c[nH]c5ncc(Cl)cc45)ncc3F)C2)cc1OC. The quantitative estimate of drug-likeness (QED) is 0.283. The molecule has 1 aliphatic heterocycles. The zero-order chi connectivity index (χ0) is 25.1. The molecule has 0 aliphatic carbocycles. The Balaban J connectivity index is 1.25. The van der Waals surface area contributed by atoms with Crippen LogP contribution in [-0.2, 0) is 0 Å². The summed E-state index contributed by atoms with van der Waals surface area (Å²) in [5, 5.41) is 4.51. The number of nitrogens with zero attached hydrogens (tertiary/aromatic N) is 4. The Bertz CT molecular complexity index is 1370. The molecule has 1 atom stereocenters. The second kappa shape index (κ2) is 10.9. The van der Waals surface area contributed by atoms with Crippen LogP contribution in [0, 0.1) is 11.7 Å². The Morgan fingerprint density at radius 3 is 2.89 bits per heavy atom. The number of aromatic amines is 1. The van der Waals surface area contributed by atoms with E-state index in [1.165, 1.54) is 6.20 Å². The maximum atomic E-state index is 14.6. The van der Waals surface area contributed by atoms with Gasteiger partial charge in [-0.05, 0) is 55.0 Å². The predicted molar refractivity (Wildman–Crippen MR) is 140 cm³/mol. The minimum absolute atomic E-state index is 0.189. The third kappa shape index (κ3) is 5.35. The molecule has 1 aromatic carbocycles. The molecule has 8 nitrogen and oxygen atoms in total. The number of fused-ring (bicyclic) bond motifs is 1. The van der Waals surface area contributed by atoms with Gasteiger partial charge in [-0.25, -0.2) is 23.6 Å². The van der Waals surface area contributed by atoms with Crippen LogP contribution in [0.25, 0.3) is 22.4 Å². The molecule has 0 radical (unpaired) electrons. The van der Waals surface area contributed by atoms with E-state index in [-0.39, 0.29) is 5.82 Å². The highest BCUT2D eigenvalue weighted by atomic mass is 35.5. The maximum Gasteiger partial charge on any atom is 0.183 e. The number of ether oxygens (including phenoxy) is 2. The fourth-order valence-electron chi connectivity index (χ4n) is 4.32. The van der Waals surface area contributed by atoms with E-state index in [0.29, 0.717) is 40.5 Å². The molecule has 3 aromatic heterocycles. The number of nitrogens with one attached hydrogen (secondary N) is 2. The first-order valence-electron chi connectivity index (χ1n) is 11.6. The number of pyridine rings is 1. The minimum atomic E-state index is -0.484. The van der Waals surface area contributed by atoms with Gasteiger partial charge < -0.3 is 19.8 Å². The Labute approximate surface area is 217 Å². The molecule has 0 saturated carbocycles. The van der Waals surface area contributed by atoms with E-state index >= 15 is 0 Å². The van der Waals surface area contributed by atoms with Gasteiger partial charge in [0.25, 0.3) is 0 Å². The molecule has 36 heavy (non-hydrogen) atoms. The largest absolute Gasteiger partial charge is 0.493 e. The van der Waals surface area contributed by atoms with Crippen LogP contribution in [0.5, 0.6) is 11.5 Å². The molecule has 188 valence electrons. The zero-order valence-corrected chi connectivity index (χ0v) is 21.5. The van der Waals surface area contributed by atoms with Gasteiger partial charge in [0.15, 0.2) is 29.0 Å². The topological polar surface area (TPSA) is 88.2 Å². The third-order valence-corrected chi connectivity index (χ3v) is 7.37. The average Bonchev–Trinajstić information content (AvgIpc) is 3.31. The van der Waals surface area contributed by atoms with Crippen molar-refractivity contribution in [2.75, 3.05) is 39.2 Å². The summed E-state index contributed by atoms with van der Waals surface area (Å²) in [6.07, 6.45) is 6.64. The second-order valence-electron chi connectivity index (χ2n) is 8.53. The zero-order valence-electron chi connectivity index (χ0n) is 19.9. The molecule has 11 heteroatoms. The van der Waals surface area contributed by atoms with Gasteiger partial charge in [-0.1, -0.05) is 11.6 Å². The van der Waals surface area contributed by atoms with Crippen molar-refractivity contribution in [3.63, 3.8) is 0 Å². The van der Waals surface area contributed by atoms with Crippen molar-refractivity contribution in [3.8, 4) is 22.9 Å². The fourth-order valence-corrected chi connectivity index (χ4v) is 5.57. The molecule has 4 heterocycles. The Hall–Kier alpha value is -3.08. The van der Waals surface area contributed by atoms with Crippen molar-refractivity contribution >= 4 is 40.4 Å². The number of hydrogen-bond acceptors (Lipinski definition) is 8. The first-order chi connectivity index (χ1) is 17.5. The van der Waals surface area contributed by atoms with Gasteiger partial charge in [0.1, 0.15) is 5.65 Å². The monoisotopic (exact) mass is 528 g/mol. The van der Waals surface area contributed by atoms with Crippen molar-refractivity contribution in [1.82, 2.24) is 24.2 Å². The summed E-state index contributed by atoms with van der Waals surface area (Å²) in [6, 6.07) is 7.72. The normalized spacial score (nSPS) is 16.3. The molecule has 5 rings (SSSR count). The number of rotatable bonds is 8. The summed E-state index contributed by atoms with van der Waals surface area (Å²) >= 11 is 7.81. The molecule has 4 aromatic rings. The van der Waals surface area contributed by atoms with Crippen molar-refractivity contribution in [2.24, 2.45) is 5.92 Å².